The molecular formula is C19H25N3O5. The van der Waals surface area contributed by atoms with E-state index in [0.717, 1.165) is 39.3 Å². The van der Waals surface area contributed by atoms with E-state index in [4.69, 9.17) is 9.47 Å². The van der Waals surface area contributed by atoms with Crippen molar-refractivity contribution in [3.8, 4) is 5.75 Å². The van der Waals surface area contributed by atoms with Crippen LogP contribution in [0.5, 0.6) is 5.75 Å². The number of aromatic hydroxyl groups is 1. The lowest BCUT2D eigenvalue weighted by atomic mass is 10.2. The van der Waals surface area contributed by atoms with Gasteiger partial charge in [0.1, 0.15) is 11.9 Å². The summed E-state index contributed by atoms with van der Waals surface area (Å²) in [5.41, 5.74) is 0.445. The summed E-state index contributed by atoms with van der Waals surface area (Å²) in [4.78, 5) is 30.7. The third-order valence-corrected chi connectivity index (χ3v) is 5.48. The molecule has 3 aliphatic rings. The fourth-order valence-electron chi connectivity index (χ4n) is 4.04. The minimum absolute atomic E-state index is 0.0661. The average molecular weight is 375 g/mol. The van der Waals surface area contributed by atoms with Crippen LogP contribution in [0.15, 0.2) is 24.3 Å². The van der Waals surface area contributed by atoms with Crippen molar-refractivity contribution < 1.29 is 24.2 Å². The van der Waals surface area contributed by atoms with Crippen molar-refractivity contribution in [2.24, 2.45) is 0 Å². The molecule has 0 aromatic heterocycles. The first-order valence-corrected chi connectivity index (χ1v) is 9.47. The van der Waals surface area contributed by atoms with Crippen molar-refractivity contribution in [1.29, 1.82) is 0 Å². The molecule has 146 valence electrons. The first-order chi connectivity index (χ1) is 13.1. The quantitative estimate of drug-likeness (QED) is 0.818. The molecule has 8 nitrogen and oxygen atoms in total. The number of nitrogens with zero attached hydrogens (tertiary/aromatic N) is 3. The predicted octanol–water partition coefficient (Wildman–Crippen LogP) is 0.760. The molecule has 3 fully saturated rings. The number of likely N-dealkylation sites (tertiary alicyclic amines) is 1. The SMILES string of the molecule is O=C(c1cccc(O)c1)N1CC2OC(=O)N(CCCN3CCOCC3)C2C1. The van der Waals surface area contributed by atoms with Crippen molar-refractivity contribution in [1.82, 2.24) is 14.7 Å². The number of ether oxygens (including phenoxy) is 2. The van der Waals surface area contributed by atoms with Crippen LogP contribution in [0.1, 0.15) is 16.8 Å². The Hall–Kier alpha value is -2.32. The molecule has 8 heteroatoms. The second kappa shape index (κ2) is 7.74. The molecule has 3 heterocycles. The van der Waals surface area contributed by atoms with E-state index in [1.807, 2.05) is 0 Å². The van der Waals surface area contributed by atoms with Gasteiger partial charge in [0, 0.05) is 38.3 Å². The Morgan fingerprint density at radius 3 is 2.78 bits per heavy atom. The van der Waals surface area contributed by atoms with Gasteiger partial charge in [0.2, 0.25) is 0 Å². The fourth-order valence-corrected chi connectivity index (χ4v) is 4.04. The number of carbonyl (C=O) groups is 2. The van der Waals surface area contributed by atoms with Gasteiger partial charge in [0.15, 0.2) is 0 Å². The first kappa shape index (κ1) is 18.1. The minimum Gasteiger partial charge on any atom is -0.508 e. The molecule has 0 radical (unpaired) electrons. The molecule has 2 atom stereocenters. The number of carbonyl (C=O) groups excluding carboxylic acids is 2. The average Bonchev–Trinajstić information content (AvgIpc) is 3.20. The number of phenols is 1. The number of phenolic OH excluding ortho intramolecular Hbond substituents is 1. The highest BCUT2D eigenvalue weighted by atomic mass is 16.6. The third-order valence-electron chi connectivity index (χ3n) is 5.48. The van der Waals surface area contributed by atoms with Crippen molar-refractivity contribution in [2.75, 3.05) is 52.5 Å². The topological polar surface area (TPSA) is 82.5 Å². The van der Waals surface area contributed by atoms with Gasteiger partial charge in [-0.25, -0.2) is 4.79 Å². The maximum Gasteiger partial charge on any atom is 0.410 e. The number of hydrogen-bond acceptors (Lipinski definition) is 6. The zero-order valence-electron chi connectivity index (χ0n) is 15.2. The maximum absolute atomic E-state index is 12.7. The minimum atomic E-state index is -0.281. The lowest BCUT2D eigenvalue weighted by molar-refractivity contribution is 0.0362. The van der Waals surface area contributed by atoms with Gasteiger partial charge in [-0.2, -0.15) is 0 Å². The Bertz CT molecular complexity index is 706. The normalized spacial score (nSPS) is 25.6. The summed E-state index contributed by atoms with van der Waals surface area (Å²) in [7, 11) is 0. The molecule has 1 aromatic carbocycles. The number of amides is 2. The Balaban J connectivity index is 1.33. The molecule has 0 saturated carbocycles. The second-order valence-electron chi connectivity index (χ2n) is 7.25. The van der Waals surface area contributed by atoms with Crippen LogP contribution in [0.3, 0.4) is 0 Å². The lowest BCUT2D eigenvalue weighted by Crippen LogP contribution is -2.42. The highest BCUT2D eigenvalue weighted by Crippen LogP contribution is 2.28. The lowest BCUT2D eigenvalue weighted by Gasteiger charge is -2.28. The molecule has 2 amide bonds. The standard InChI is InChI=1S/C19H25N3O5/c23-15-4-1-3-14(11-15)18(24)21-12-16-17(13-21)27-19(25)22(16)6-2-5-20-7-9-26-10-8-20/h1,3-4,11,16-17,23H,2,5-10,12-13H2. The zero-order valence-corrected chi connectivity index (χ0v) is 15.2. The van der Waals surface area contributed by atoms with Gasteiger partial charge >= 0.3 is 6.09 Å². The van der Waals surface area contributed by atoms with Gasteiger partial charge in [-0.05, 0) is 24.6 Å². The van der Waals surface area contributed by atoms with Crippen LogP contribution < -0.4 is 0 Å². The van der Waals surface area contributed by atoms with Crippen LogP contribution in [0, 0.1) is 0 Å². The van der Waals surface area contributed by atoms with Crippen LogP contribution in [-0.2, 0) is 9.47 Å². The Morgan fingerprint density at radius 1 is 1.19 bits per heavy atom. The highest BCUT2D eigenvalue weighted by Gasteiger charge is 2.48. The van der Waals surface area contributed by atoms with E-state index in [-0.39, 0.29) is 29.9 Å². The zero-order chi connectivity index (χ0) is 18.8. The molecule has 0 spiro atoms. The molecule has 27 heavy (non-hydrogen) atoms. The van der Waals surface area contributed by atoms with Gasteiger partial charge in [0.25, 0.3) is 5.91 Å². The van der Waals surface area contributed by atoms with Crippen LogP contribution in [0.4, 0.5) is 4.79 Å². The summed E-state index contributed by atoms with van der Waals surface area (Å²) in [6, 6.07) is 6.24. The monoisotopic (exact) mass is 375 g/mol. The summed E-state index contributed by atoms with van der Waals surface area (Å²) in [5, 5.41) is 9.59. The number of hydrogen-bond donors (Lipinski definition) is 1. The molecule has 0 aliphatic carbocycles. The fraction of sp³-hybridized carbons (Fsp3) is 0.579. The van der Waals surface area contributed by atoms with Crippen LogP contribution in [-0.4, -0.2) is 96.4 Å². The van der Waals surface area contributed by atoms with Crippen LogP contribution >= 0.6 is 0 Å². The van der Waals surface area contributed by atoms with Gasteiger partial charge in [-0.3, -0.25) is 14.6 Å². The van der Waals surface area contributed by atoms with E-state index in [9.17, 15) is 14.7 Å². The van der Waals surface area contributed by atoms with E-state index in [0.29, 0.717) is 25.2 Å². The van der Waals surface area contributed by atoms with Gasteiger partial charge in [0.05, 0.1) is 25.8 Å². The first-order valence-electron chi connectivity index (χ1n) is 9.47. The summed E-state index contributed by atoms with van der Waals surface area (Å²) < 4.78 is 10.8. The predicted molar refractivity (Wildman–Crippen MR) is 96.6 cm³/mol. The van der Waals surface area contributed by atoms with Gasteiger partial charge < -0.3 is 19.5 Å². The maximum atomic E-state index is 12.7. The van der Waals surface area contributed by atoms with E-state index in [1.165, 1.54) is 12.1 Å². The third kappa shape index (κ3) is 3.86. The molecule has 0 bridgehead atoms. The number of rotatable bonds is 5. The number of fused-ring (bicyclic) bond motifs is 1. The van der Waals surface area contributed by atoms with Crippen molar-refractivity contribution >= 4 is 12.0 Å². The van der Waals surface area contributed by atoms with Crippen LogP contribution in [0.25, 0.3) is 0 Å². The highest BCUT2D eigenvalue weighted by molar-refractivity contribution is 5.95. The summed E-state index contributed by atoms with van der Waals surface area (Å²) in [6.45, 7) is 5.81. The Kier molecular flexibility index (Phi) is 5.18. The number of benzene rings is 1. The van der Waals surface area contributed by atoms with E-state index in [2.05, 4.69) is 4.90 Å². The smallest absolute Gasteiger partial charge is 0.410 e. The van der Waals surface area contributed by atoms with Crippen molar-refractivity contribution in [3.05, 3.63) is 29.8 Å². The molecule has 1 aromatic rings. The van der Waals surface area contributed by atoms with E-state index in [1.54, 1.807) is 21.9 Å². The van der Waals surface area contributed by atoms with Crippen molar-refractivity contribution in [2.45, 2.75) is 18.6 Å². The summed E-state index contributed by atoms with van der Waals surface area (Å²) in [6.07, 6.45) is 0.317. The van der Waals surface area contributed by atoms with E-state index >= 15 is 0 Å². The second-order valence-corrected chi connectivity index (χ2v) is 7.25. The molecule has 4 rings (SSSR count). The van der Waals surface area contributed by atoms with Crippen molar-refractivity contribution in [3.63, 3.8) is 0 Å². The Morgan fingerprint density at radius 2 is 2.00 bits per heavy atom. The van der Waals surface area contributed by atoms with Gasteiger partial charge in [-0.1, -0.05) is 6.07 Å². The summed E-state index contributed by atoms with van der Waals surface area (Å²) >= 11 is 0. The molecule has 3 aliphatic heterocycles. The molecule has 1 N–H and O–H groups in total. The molecule has 3 saturated heterocycles. The van der Waals surface area contributed by atoms with Gasteiger partial charge in [-0.15, -0.1) is 0 Å². The Labute approximate surface area is 158 Å². The molecular weight excluding hydrogens is 350 g/mol. The molecule has 2 unspecified atom stereocenters. The van der Waals surface area contributed by atoms with Crippen LogP contribution in [0.2, 0.25) is 0 Å². The van der Waals surface area contributed by atoms with E-state index < -0.39 is 0 Å². The largest absolute Gasteiger partial charge is 0.508 e. The number of morpholine rings is 1. The summed E-state index contributed by atoms with van der Waals surface area (Å²) in [5.74, 6) is -0.0824.